The molecule has 4 aliphatic rings. The Kier molecular flexibility index (Phi) is 4.09. The number of carbonyl (C=O) groups excluding carboxylic acids is 1. The van der Waals surface area contributed by atoms with Crippen LogP contribution in [0.5, 0.6) is 0 Å². The van der Waals surface area contributed by atoms with E-state index in [4.69, 9.17) is 11.6 Å². The van der Waals surface area contributed by atoms with E-state index in [1.54, 1.807) is 0 Å². The number of aromatic nitrogens is 2. The van der Waals surface area contributed by atoms with Gasteiger partial charge in [0, 0.05) is 7.05 Å². The number of aryl methyl sites for hydroxylation is 1. The number of rotatable bonds is 3. The van der Waals surface area contributed by atoms with Gasteiger partial charge in [0.2, 0.25) is 5.91 Å². The number of hydrazone groups is 1. The number of hydrogen-bond donors (Lipinski definition) is 1. The van der Waals surface area contributed by atoms with Crippen LogP contribution in [0.2, 0.25) is 5.15 Å². The van der Waals surface area contributed by atoms with Crippen molar-refractivity contribution in [3.8, 4) is 0 Å². The molecular weight excluding hydrogens is 369 g/mol. The maximum absolute atomic E-state index is 13.0. The van der Waals surface area contributed by atoms with Crippen molar-refractivity contribution in [2.45, 2.75) is 44.7 Å². The molecule has 0 unspecified atom stereocenters. The molecule has 4 bridgehead atoms. The monoisotopic (exact) mass is 388 g/mol. The van der Waals surface area contributed by atoms with Crippen LogP contribution >= 0.6 is 11.6 Å². The molecular formula is C17H20ClF3N4O. The standard InChI is InChI=1S/C17H20ClF3N4O/c1-25-14(18)12(13(24-25)17(19,20)21)8-22-23-15(26)16-5-9-2-10(6-16)4-11(3-9)7-16/h8-11H,2-7H2,1H3,(H,23,26). The topological polar surface area (TPSA) is 59.3 Å². The van der Waals surface area contributed by atoms with Crippen LogP contribution in [0.3, 0.4) is 0 Å². The van der Waals surface area contributed by atoms with Crippen molar-refractivity contribution in [1.29, 1.82) is 0 Å². The first-order valence-corrected chi connectivity index (χ1v) is 9.19. The first-order valence-electron chi connectivity index (χ1n) is 8.81. The predicted molar refractivity (Wildman–Crippen MR) is 89.6 cm³/mol. The van der Waals surface area contributed by atoms with Crippen molar-refractivity contribution >= 4 is 23.7 Å². The summed E-state index contributed by atoms with van der Waals surface area (Å²) in [6.45, 7) is 0. The molecule has 1 heterocycles. The Morgan fingerprint density at radius 3 is 2.31 bits per heavy atom. The number of hydrogen-bond acceptors (Lipinski definition) is 3. The zero-order valence-electron chi connectivity index (χ0n) is 14.3. The number of halogens is 4. The number of nitrogens with zero attached hydrogens (tertiary/aromatic N) is 3. The summed E-state index contributed by atoms with van der Waals surface area (Å²) in [5.41, 5.74) is 0.612. The average molecular weight is 389 g/mol. The number of alkyl halides is 3. The molecule has 4 saturated carbocycles. The van der Waals surface area contributed by atoms with Gasteiger partial charge in [0.15, 0.2) is 5.69 Å². The minimum atomic E-state index is -4.64. The molecule has 1 amide bonds. The van der Waals surface area contributed by atoms with E-state index in [2.05, 4.69) is 15.6 Å². The van der Waals surface area contributed by atoms with Crippen LogP contribution in [0.15, 0.2) is 5.10 Å². The quantitative estimate of drug-likeness (QED) is 0.633. The molecule has 1 N–H and O–H groups in total. The van der Waals surface area contributed by atoms with E-state index in [1.165, 1.54) is 26.3 Å². The third-order valence-electron chi connectivity index (χ3n) is 6.16. The fourth-order valence-corrected chi connectivity index (χ4v) is 5.68. The predicted octanol–water partition coefficient (Wildman–Crippen LogP) is 3.76. The lowest BCUT2D eigenvalue weighted by molar-refractivity contribution is -0.146. The zero-order valence-corrected chi connectivity index (χ0v) is 15.1. The van der Waals surface area contributed by atoms with Crippen LogP contribution in [0.4, 0.5) is 13.2 Å². The van der Waals surface area contributed by atoms with Crippen LogP contribution in [-0.4, -0.2) is 21.9 Å². The number of amides is 1. The van der Waals surface area contributed by atoms with Crippen molar-refractivity contribution in [3.05, 3.63) is 16.4 Å². The summed E-state index contributed by atoms with van der Waals surface area (Å²) >= 11 is 5.89. The van der Waals surface area contributed by atoms with Gasteiger partial charge in [-0.25, -0.2) is 5.43 Å². The maximum Gasteiger partial charge on any atom is 0.435 e. The normalized spacial score (nSPS) is 33.2. The highest BCUT2D eigenvalue weighted by atomic mass is 35.5. The van der Waals surface area contributed by atoms with Crippen molar-refractivity contribution in [1.82, 2.24) is 15.2 Å². The first kappa shape index (κ1) is 17.8. The van der Waals surface area contributed by atoms with E-state index < -0.39 is 17.3 Å². The van der Waals surface area contributed by atoms with E-state index in [0.29, 0.717) is 17.8 Å². The molecule has 9 heteroatoms. The Morgan fingerprint density at radius 2 is 1.81 bits per heavy atom. The Bertz CT molecular complexity index is 736. The molecule has 0 aromatic carbocycles. The molecule has 0 aliphatic heterocycles. The van der Waals surface area contributed by atoms with Crippen LogP contribution in [-0.2, 0) is 18.0 Å². The molecule has 0 radical (unpaired) electrons. The molecule has 26 heavy (non-hydrogen) atoms. The summed E-state index contributed by atoms with van der Waals surface area (Å²) in [5, 5.41) is 7.00. The SMILES string of the molecule is Cn1nc(C(F)(F)F)c(C=NNC(=O)C23CC4CC(CC(C4)C2)C3)c1Cl. The second-order valence-corrected chi connectivity index (χ2v) is 8.43. The highest BCUT2D eigenvalue weighted by molar-refractivity contribution is 6.32. The largest absolute Gasteiger partial charge is 0.435 e. The lowest BCUT2D eigenvalue weighted by atomic mass is 9.49. The maximum atomic E-state index is 13.0. The second kappa shape index (κ2) is 5.97. The highest BCUT2D eigenvalue weighted by Crippen LogP contribution is 2.60. The molecule has 4 aliphatic carbocycles. The Hall–Kier alpha value is -1.57. The molecule has 0 atom stereocenters. The summed E-state index contributed by atoms with van der Waals surface area (Å²) in [5.74, 6) is 1.61. The van der Waals surface area contributed by atoms with Crippen molar-refractivity contribution in [3.63, 3.8) is 0 Å². The van der Waals surface area contributed by atoms with E-state index in [0.717, 1.165) is 30.2 Å². The molecule has 0 spiro atoms. The van der Waals surface area contributed by atoms with Gasteiger partial charge in [-0.05, 0) is 56.3 Å². The fourth-order valence-electron chi connectivity index (χ4n) is 5.51. The second-order valence-electron chi connectivity index (χ2n) is 8.07. The van der Waals surface area contributed by atoms with Crippen LogP contribution in [0, 0.1) is 23.2 Å². The summed E-state index contributed by atoms with van der Waals surface area (Å²) < 4.78 is 40.1. The van der Waals surface area contributed by atoms with E-state index >= 15 is 0 Å². The van der Waals surface area contributed by atoms with Gasteiger partial charge in [-0.1, -0.05) is 11.6 Å². The molecule has 4 fully saturated rings. The minimum Gasteiger partial charge on any atom is -0.273 e. The summed E-state index contributed by atoms with van der Waals surface area (Å²) in [6.07, 6.45) is 2.50. The molecule has 0 saturated heterocycles. The van der Waals surface area contributed by atoms with Crippen molar-refractivity contribution in [2.75, 3.05) is 0 Å². The third-order valence-corrected chi connectivity index (χ3v) is 6.61. The van der Waals surface area contributed by atoms with Gasteiger partial charge in [0.25, 0.3) is 0 Å². The van der Waals surface area contributed by atoms with Gasteiger partial charge < -0.3 is 0 Å². The molecule has 1 aromatic rings. The summed E-state index contributed by atoms with van der Waals surface area (Å²) in [6, 6.07) is 0. The zero-order chi connectivity index (χ0) is 18.7. The van der Waals surface area contributed by atoms with Gasteiger partial charge in [0.1, 0.15) is 5.15 Å². The smallest absolute Gasteiger partial charge is 0.273 e. The van der Waals surface area contributed by atoms with Gasteiger partial charge in [-0.2, -0.15) is 23.4 Å². The fraction of sp³-hybridized carbons (Fsp3) is 0.706. The molecule has 5 rings (SSSR count). The molecule has 5 nitrogen and oxygen atoms in total. The third kappa shape index (κ3) is 2.92. The Morgan fingerprint density at radius 1 is 1.27 bits per heavy atom. The average Bonchev–Trinajstić information content (AvgIpc) is 2.82. The molecule has 142 valence electrons. The number of carbonyl (C=O) groups is 1. The van der Waals surface area contributed by atoms with Gasteiger partial charge in [-0.3, -0.25) is 9.48 Å². The number of nitrogens with one attached hydrogen (secondary N) is 1. The summed E-state index contributed by atoms with van der Waals surface area (Å²) in [7, 11) is 1.32. The van der Waals surface area contributed by atoms with Gasteiger partial charge >= 0.3 is 6.18 Å². The van der Waals surface area contributed by atoms with E-state index in [-0.39, 0.29) is 16.6 Å². The Balaban J connectivity index is 1.51. The lowest BCUT2D eigenvalue weighted by Gasteiger charge is -2.55. The van der Waals surface area contributed by atoms with Crippen molar-refractivity contribution in [2.24, 2.45) is 35.3 Å². The van der Waals surface area contributed by atoms with Crippen LogP contribution < -0.4 is 5.43 Å². The van der Waals surface area contributed by atoms with Crippen LogP contribution in [0.1, 0.15) is 49.8 Å². The van der Waals surface area contributed by atoms with E-state index in [9.17, 15) is 18.0 Å². The highest BCUT2D eigenvalue weighted by Gasteiger charge is 2.54. The molecule has 1 aromatic heterocycles. The van der Waals surface area contributed by atoms with Gasteiger partial charge in [0.05, 0.1) is 17.2 Å². The Labute approximate surface area is 154 Å². The summed E-state index contributed by atoms with van der Waals surface area (Å²) in [4.78, 5) is 12.8. The van der Waals surface area contributed by atoms with E-state index in [1.807, 2.05) is 0 Å². The van der Waals surface area contributed by atoms with Crippen LogP contribution in [0.25, 0.3) is 0 Å². The first-order chi connectivity index (χ1) is 12.2. The lowest BCUT2D eigenvalue weighted by Crippen LogP contribution is -2.52. The minimum absolute atomic E-state index is 0.176. The van der Waals surface area contributed by atoms with Gasteiger partial charge in [-0.15, -0.1) is 0 Å². The van der Waals surface area contributed by atoms with Crippen molar-refractivity contribution < 1.29 is 18.0 Å².